The van der Waals surface area contributed by atoms with Crippen LogP contribution < -0.4 is 4.90 Å². The molecule has 0 atom stereocenters. The van der Waals surface area contributed by atoms with Gasteiger partial charge in [0.2, 0.25) is 0 Å². The van der Waals surface area contributed by atoms with Gasteiger partial charge in [-0.2, -0.15) is 0 Å². The number of hydrogen-bond donors (Lipinski definition) is 1. The maximum Gasteiger partial charge on any atom is 0.309 e. The van der Waals surface area contributed by atoms with Gasteiger partial charge in [-0.1, -0.05) is 11.6 Å². The van der Waals surface area contributed by atoms with Crippen LogP contribution in [0, 0.1) is 0 Å². The van der Waals surface area contributed by atoms with Crippen LogP contribution >= 0.6 is 11.6 Å². The number of rotatable bonds is 3. The summed E-state index contributed by atoms with van der Waals surface area (Å²) in [6, 6.07) is 1.68. The normalized spacial score (nSPS) is 9.93. The first-order chi connectivity index (χ1) is 6.50. The number of aromatic nitrogens is 1. The molecule has 1 heterocycles. The molecular weight excluding hydrogens is 204 g/mol. The standard InChI is InChI=1S/C9H11ClN2O2/c1-12(2)8-3-6(4-9(13)14)11-5-7(8)10/h3,5H,4H2,1-2H3,(H,13,14). The van der Waals surface area contributed by atoms with Crippen LogP contribution in [0.4, 0.5) is 5.69 Å². The number of halogens is 1. The minimum atomic E-state index is -0.899. The van der Waals surface area contributed by atoms with E-state index in [2.05, 4.69) is 4.98 Å². The average molecular weight is 215 g/mol. The van der Waals surface area contributed by atoms with Crippen LogP contribution in [-0.2, 0) is 11.2 Å². The third kappa shape index (κ3) is 2.60. The highest BCUT2D eigenvalue weighted by Gasteiger charge is 2.07. The van der Waals surface area contributed by atoms with Crippen molar-refractivity contribution in [3.05, 3.63) is 23.0 Å². The molecule has 0 bridgehead atoms. The van der Waals surface area contributed by atoms with E-state index in [0.29, 0.717) is 10.7 Å². The quantitative estimate of drug-likeness (QED) is 0.827. The number of anilines is 1. The fraction of sp³-hybridized carbons (Fsp3) is 0.333. The Morgan fingerprint density at radius 3 is 2.79 bits per heavy atom. The van der Waals surface area contributed by atoms with E-state index in [4.69, 9.17) is 16.7 Å². The SMILES string of the molecule is CN(C)c1cc(CC(=O)O)ncc1Cl. The maximum absolute atomic E-state index is 10.4. The van der Waals surface area contributed by atoms with Gasteiger partial charge in [-0.3, -0.25) is 9.78 Å². The van der Waals surface area contributed by atoms with E-state index in [1.165, 1.54) is 6.20 Å². The summed E-state index contributed by atoms with van der Waals surface area (Å²) in [6.07, 6.45) is 1.38. The summed E-state index contributed by atoms with van der Waals surface area (Å²) in [7, 11) is 3.68. The molecule has 0 unspecified atom stereocenters. The van der Waals surface area contributed by atoms with Gasteiger partial charge in [0.15, 0.2) is 0 Å². The highest BCUT2D eigenvalue weighted by molar-refractivity contribution is 6.33. The van der Waals surface area contributed by atoms with E-state index < -0.39 is 5.97 Å². The summed E-state index contributed by atoms with van der Waals surface area (Å²) in [5.74, 6) is -0.899. The smallest absolute Gasteiger partial charge is 0.309 e. The molecule has 1 aromatic rings. The largest absolute Gasteiger partial charge is 0.481 e. The van der Waals surface area contributed by atoms with Crippen LogP contribution in [0.2, 0.25) is 5.02 Å². The van der Waals surface area contributed by atoms with Gasteiger partial charge >= 0.3 is 5.97 Å². The van der Waals surface area contributed by atoms with Crippen LogP contribution in [0.25, 0.3) is 0 Å². The number of pyridine rings is 1. The van der Waals surface area contributed by atoms with Gasteiger partial charge in [0, 0.05) is 20.3 Å². The Balaban J connectivity index is 3.00. The molecule has 14 heavy (non-hydrogen) atoms. The number of carbonyl (C=O) groups is 1. The summed E-state index contributed by atoms with van der Waals surface area (Å²) in [6.45, 7) is 0. The van der Waals surface area contributed by atoms with Crippen molar-refractivity contribution < 1.29 is 9.90 Å². The molecule has 0 saturated carbocycles. The first-order valence-corrected chi connectivity index (χ1v) is 4.42. The van der Waals surface area contributed by atoms with E-state index >= 15 is 0 Å². The summed E-state index contributed by atoms with van der Waals surface area (Å²) in [4.78, 5) is 16.2. The molecule has 0 amide bonds. The zero-order valence-corrected chi connectivity index (χ0v) is 8.75. The van der Waals surface area contributed by atoms with Gasteiger partial charge in [0.1, 0.15) is 0 Å². The molecule has 1 rings (SSSR count). The minimum absolute atomic E-state index is 0.0853. The lowest BCUT2D eigenvalue weighted by atomic mass is 10.2. The molecule has 0 spiro atoms. The number of nitrogens with zero attached hydrogens (tertiary/aromatic N) is 2. The highest BCUT2D eigenvalue weighted by atomic mass is 35.5. The number of carboxylic acid groups (broad SMARTS) is 1. The van der Waals surface area contributed by atoms with E-state index in [0.717, 1.165) is 5.69 Å². The molecular formula is C9H11ClN2O2. The lowest BCUT2D eigenvalue weighted by Crippen LogP contribution is -2.11. The third-order valence-electron chi connectivity index (χ3n) is 1.71. The Kier molecular flexibility index (Phi) is 3.30. The van der Waals surface area contributed by atoms with Crippen LogP contribution in [-0.4, -0.2) is 30.2 Å². The summed E-state index contributed by atoms with van der Waals surface area (Å²) in [5.41, 5.74) is 1.28. The molecule has 0 saturated heterocycles. The van der Waals surface area contributed by atoms with E-state index in [-0.39, 0.29) is 6.42 Å². The summed E-state index contributed by atoms with van der Waals surface area (Å²) in [5, 5.41) is 9.10. The minimum Gasteiger partial charge on any atom is -0.481 e. The molecule has 0 aliphatic carbocycles. The first-order valence-electron chi connectivity index (χ1n) is 4.04. The lowest BCUT2D eigenvalue weighted by molar-refractivity contribution is -0.136. The Morgan fingerprint density at radius 2 is 2.29 bits per heavy atom. The fourth-order valence-electron chi connectivity index (χ4n) is 1.06. The Bertz CT molecular complexity index is 353. The zero-order valence-electron chi connectivity index (χ0n) is 7.99. The number of hydrogen-bond acceptors (Lipinski definition) is 3. The third-order valence-corrected chi connectivity index (χ3v) is 2.00. The second-order valence-corrected chi connectivity index (χ2v) is 3.50. The molecule has 0 radical (unpaired) electrons. The summed E-state index contributed by atoms with van der Waals surface area (Å²) >= 11 is 5.88. The molecule has 0 aromatic carbocycles. The van der Waals surface area contributed by atoms with Crippen molar-refractivity contribution in [2.45, 2.75) is 6.42 Å². The molecule has 5 heteroatoms. The first kappa shape index (κ1) is 10.8. The van der Waals surface area contributed by atoms with Crippen LogP contribution in [0.15, 0.2) is 12.3 Å². The Labute approximate surface area is 87.1 Å². The fourth-order valence-corrected chi connectivity index (χ4v) is 1.34. The van der Waals surface area contributed by atoms with Crippen molar-refractivity contribution in [2.75, 3.05) is 19.0 Å². The molecule has 76 valence electrons. The van der Waals surface area contributed by atoms with E-state index in [1.807, 2.05) is 19.0 Å². The molecule has 0 fully saturated rings. The van der Waals surface area contributed by atoms with Crippen molar-refractivity contribution in [3.63, 3.8) is 0 Å². The molecule has 0 aliphatic heterocycles. The average Bonchev–Trinajstić information content (AvgIpc) is 2.07. The summed E-state index contributed by atoms with van der Waals surface area (Å²) < 4.78 is 0. The van der Waals surface area contributed by atoms with Gasteiger partial charge in [0.25, 0.3) is 0 Å². The Hall–Kier alpha value is -1.29. The zero-order chi connectivity index (χ0) is 10.7. The molecule has 4 nitrogen and oxygen atoms in total. The lowest BCUT2D eigenvalue weighted by Gasteiger charge is -2.14. The molecule has 0 aliphatic rings. The van der Waals surface area contributed by atoms with Gasteiger partial charge in [-0.05, 0) is 6.07 Å². The van der Waals surface area contributed by atoms with Gasteiger partial charge in [0.05, 0.1) is 22.8 Å². The van der Waals surface area contributed by atoms with Gasteiger partial charge in [-0.15, -0.1) is 0 Å². The van der Waals surface area contributed by atoms with Crippen LogP contribution in [0.1, 0.15) is 5.69 Å². The van der Waals surface area contributed by atoms with E-state index in [9.17, 15) is 4.79 Å². The maximum atomic E-state index is 10.4. The van der Waals surface area contributed by atoms with Crippen LogP contribution in [0.3, 0.4) is 0 Å². The predicted molar refractivity (Wildman–Crippen MR) is 54.9 cm³/mol. The predicted octanol–water partition coefficient (Wildman–Crippen LogP) is 1.43. The van der Waals surface area contributed by atoms with Crippen molar-refractivity contribution >= 4 is 23.3 Å². The number of aliphatic carboxylic acids is 1. The molecule has 1 N–H and O–H groups in total. The monoisotopic (exact) mass is 214 g/mol. The topological polar surface area (TPSA) is 53.4 Å². The van der Waals surface area contributed by atoms with Gasteiger partial charge in [-0.25, -0.2) is 0 Å². The Morgan fingerprint density at radius 1 is 1.64 bits per heavy atom. The second-order valence-electron chi connectivity index (χ2n) is 3.09. The van der Waals surface area contributed by atoms with Crippen molar-refractivity contribution in [2.24, 2.45) is 0 Å². The molecule has 1 aromatic heterocycles. The van der Waals surface area contributed by atoms with Crippen molar-refractivity contribution in [1.29, 1.82) is 0 Å². The van der Waals surface area contributed by atoms with Crippen LogP contribution in [0.5, 0.6) is 0 Å². The number of carboxylic acids is 1. The van der Waals surface area contributed by atoms with Crippen molar-refractivity contribution in [1.82, 2.24) is 4.98 Å². The second kappa shape index (κ2) is 4.28. The van der Waals surface area contributed by atoms with Crippen molar-refractivity contribution in [3.8, 4) is 0 Å². The highest BCUT2D eigenvalue weighted by Crippen LogP contribution is 2.23. The van der Waals surface area contributed by atoms with Gasteiger partial charge < -0.3 is 10.0 Å². The van der Waals surface area contributed by atoms with E-state index in [1.54, 1.807) is 6.07 Å².